The molecule has 1 aromatic rings. The van der Waals surface area contributed by atoms with Crippen LogP contribution in [0.4, 0.5) is 10.1 Å². The fourth-order valence-electron chi connectivity index (χ4n) is 1.13. The molecule has 0 aliphatic rings. The highest BCUT2D eigenvalue weighted by Crippen LogP contribution is 2.22. The first-order valence-corrected chi connectivity index (χ1v) is 4.85. The quantitative estimate of drug-likeness (QED) is 0.861. The van der Waals surface area contributed by atoms with Crippen LogP contribution in [-0.4, -0.2) is 19.5 Å². The average Bonchev–Trinajstić information content (AvgIpc) is 2.21. The summed E-state index contributed by atoms with van der Waals surface area (Å²) in [6.07, 6.45) is 0.255. The summed E-state index contributed by atoms with van der Waals surface area (Å²) in [4.78, 5) is 12.8. The molecule has 0 heterocycles. The van der Waals surface area contributed by atoms with Crippen molar-refractivity contribution in [2.24, 2.45) is 5.73 Å². The maximum atomic E-state index is 12.9. The normalized spacial score (nSPS) is 10.1. The number of benzene rings is 1. The molecule has 2 N–H and O–H groups in total. The Labute approximate surface area is 92.6 Å². The second kappa shape index (κ2) is 5.09. The summed E-state index contributed by atoms with van der Waals surface area (Å²) in [5.74, 6) is -0.625. The zero-order valence-corrected chi connectivity index (χ0v) is 9.09. The van der Waals surface area contributed by atoms with Gasteiger partial charge in [-0.1, -0.05) is 11.6 Å². The second-order valence-electron chi connectivity index (χ2n) is 3.09. The van der Waals surface area contributed by atoms with Gasteiger partial charge in [0.2, 0.25) is 5.91 Å². The van der Waals surface area contributed by atoms with Crippen LogP contribution < -0.4 is 10.6 Å². The van der Waals surface area contributed by atoms with Crippen molar-refractivity contribution in [3.63, 3.8) is 0 Å². The largest absolute Gasteiger partial charge is 0.330 e. The number of carbonyl (C=O) groups excluding carboxylic acids is 1. The van der Waals surface area contributed by atoms with Crippen LogP contribution in [0, 0.1) is 5.82 Å². The van der Waals surface area contributed by atoms with Crippen LogP contribution in [-0.2, 0) is 4.79 Å². The molecular formula is C10H12ClFN2O. The number of rotatable bonds is 3. The average molecular weight is 231 g/mol. The van der Waals surface area contributed by atoms with E-state index in [0.29, 0.717) is 5.69 Å². The molecule has 0 bridgehead atoms. The fourth-order valence-corrected chi connectivity index (χ4v) is 1.30. The molecular weight excluding hydrogens is 219 g/mol. The Bertz CT molecular complexity index is 370. The van der Waals surface area contributed by atoms with Crippen molar-refractivity contribution in [1.82, 2.24) is 0 Å². The summed E-state index contributed by atoms with van der Waals surface area (Å²) in [6.45, 7) is 0.290. The van der Waals surface area contributed by atoms with Crippen molar-refractivity contribution in [2.45, 2.75) is 6.42 Å². The van der Waals surface area contributed by atoms with E-state index in [1.54, 1.807) is 7.05 Å². The lowest BCUT2D eigenvalue weighted by Gasteiger charge is -2.17. The number of nitrogens with two attached hydrogens (primary N) is 1. The molecule has 1 amide bonds. The third-order valence-electron chi connectivity index (χ3n) is 2.02. The van der Waals surface area contributed by atoms with Gasteiger partial charge in [-0.2, -0.15) is 0 Å². The Hall–Kier alpha value is -1.13. The smallest absolute Gasteiger partial charge is 0.227 e. The molecule has 0 atom stereocenters. The molecule has 0 spiro atoms. The van der Waals surface area contributed by atoms with E-state index >= 15 is 0 Å². The highest BCUT2D eigenvalue weighted by molar-refractivity contribution is 6.31. The van der Waals surface area contributed by atoms with Gasteiger partial charge in [0.1, 0.15) is 5.82 Å². The van der Waals surface area contributed by atoms with Crippen LogP contribution in [0.3, 0.4) is 0 Å². The number of amides is 1. The van der Waals surface area contributed by atoms with Crippen LogP contribution >= 0.6 is 11.6 Å². The minimum Gasteiger partial charge on any atom is -0.330 e. The van der Waals surface area contributed by atoms with Gasteiger partial charge in [-0.15, -0.1) is 0 Å². The maximum Gasteiger partial charge on any atom is 0.227 e. The standard InChI is InChI=1S/C10H12ClFN2O/c1-14(10(15)4-5-13)7-2-3-9(12)8(11)6-7/h2-3,6H,4-5,13H2,1H3. The van der Waals surface area contributed by atoms with Crippen LogP contribution in [0.25, 0.3) is 0 Å². The van der Waals surface area contributed by atoms with Crippen LogP contribution in [0.5, 0.6) is 0 Å². The van der Waals surface area contributed by atoms with E-state index in [-0.39, 0.29) is 23.9 Å². The third kappa shape index (κ3) is 2.91. The monoisotopic (exact) mass is 230 g/mol. The van der Waals surface area contributed by atoms with E-state index in [2.05, 4.69) is 0 Å². The van der Waals surface area contributed by atoms with E-state index in [0.717, 1.165) is 0 Å². The Kier molecular flexibility index (Phi) is 4.05. The summed E-state index contributed by atoms with van der Waals surface area (Å²) in [7, 11) is 1.60. The molecule has 0 aliphatic carbocycles. The van der Waals surface area contributed by atoms with E-state index in [1.807, 2.05) is 0 Å². The van der Waals surface area contributed by atoms with Gasteiger partial charge in [0.25, 0.3) is 0 Å². The summed E-state index contributed by atoms with van der Waals surface area (Å²) < 4.78 is 12.9. The van der Waals surface area contributed by atoms with E-state index in [9.17, 15) is 9.18 Å². The van der Waals surface area contributed by atoms with Crippen LogP contribution in [0.2, 0.25) is 5.02 Å². The summed E-state index contributed by atoms with van der Waals surface area (Å²) in [5.41, 5.74) is 5.82. The van der Waals surface area contributed by atoms with Crippen molar-refractivity contribution >= 4 is 23.2 Å². The molecule has 5 heteroatoms. The molecule has 0 fully saturated rings. The van der Waals surface area contributed by atoms with Gasteiger partial charge in [0.05, 0.1) is 5.02 Å². The summed E-state index contributed by atoms with van der Waals surface area (Å²) in [5, 5.41) is -0.0000940. The molecule has 3 nitrogen and oxygen atoms in total. The van der Waals surface area contributed by atoms with Gasteiger partial charge in [-0.25, -0.2) is 4.39 Å². The molecule has 0 saturated carbocycles. The van der Waals surface area contributed by atoms with Gasteiger partial charge >= 0.3 is 0 Å². The van der Waals surface area contributed by atoms with Crippen molar-refractivity contribution in [3.8, 4) is 0 Å². The predicted octanol–water partition coefficient (Wildman–Crippen LogP) is 1.79. The molecule has 15 heavy (non-hydrogen) atoms. The zero-order valence-electron chi connectivity index (χ0n) is 8.34. The van der Waals surface area contributed by atoms with E-state index in [1.165, 1.54) is 23.1 Å². The number of nitrogens with zero attached hydrogens (tertiary/aromatic N) is 1. The minimum atomic E-state index is -0.500. The molecule has 0 unspecified atom stereocenters. The van der Waals surface area contributed by atoms with Crippen molar-refractivity contribution in [2.75, 3.05) is 18.5 Å². The van der Waals surface area contributed by atoms with E-state index in [4.69, 9.17) is 17.3 Å². The van der Waals surface area contributed by atoms with Gasteiger partial charge in [0.15, 0.2) is 0 Å². The minimum absolute atomic E-state index is 0.0000940. The Morgan fingerprint density at radius 3 is 2.80 bits per heavy atom. The van der Waals surface area contributed by atoms with E-state index < -0.39 is 5.82 Å². The lowest BCUT2D eigenvalue weighted by molar-refractivity contribution is -0.118. The van der Waals surface area contributed by atoms with Gasteiger partial charge in [-0.05, 0) is 18.2 Å². The highest BCUT2D eigenvalue weighted by Gasteiger charge is 2.11. The Morgan fingerprint density at radius 2 is 2.27 bits per heavy atom. The maximum absolute atomic E-state index is 12.9. The van der Waals surface area contributed by atoms with Crippen molar-refractivity contribution in [1.29, 1.82) is 0 Å². The van der Waals surface area contributed by atoms with Gasteiger partial charge in [-0.3, -0.25) is 4.79 Å². The van der Waals surface area contributed by atoms with Gasteiger partial charge in [0, 0.05) is 25.7 Å². The van der Waals surface area contributed by atoms with Crippen molar-refractivity contribution in [3.05, 3.63) is 29.0 Å². The SMILES string of the molecule is CN(C(=O)CCN)c1ccc(F)c(Cl)c1. The first-order valence-electron chi connectivity index (χ1n) is 4.48. The second-order valence-corrected chi connectivity index (χ2v) is 3.50. The highest BCUT2D eigenvalue weighted by atomic mass is 35.5. The number of hydrogen-bond acceptors (Lipinski definition) is 2. The predicted molar refractivity (Wildman–Crippen MR) is 58.5 cm³/mol. The van der Waals surface area contributed by atoms with Crippen LogP contribution in [0.1, 0.15) is 6.42 Å². The number of hydrogen-bond donors (Lipinski definition) is 1. The van der Waals surface area contributed by atoms with Crippen LogP contribution in [0.15, 0.2) is 18.2 Å². The number of anilines is 1. The lowest BCUT2D eigenvalue weighted by atomic mass is 10.2. The first kappa shape index (κ1) is 11.9. The summed E-state index contributed by atoms with van der Waals surface area (Å²) >= 11 is 5.60. The van der Waals surface area contributed by atoms with Crippen molar-refractivity contribution < 1.29 is 9.18 Å². The number of carbonyl (C=O) groups is 1. The lowest BCUT2D eigenvalue weighted by Crippen LogP contribution is -2.28. The molecule has 82 valence electrons. The molecule has 0 aliphatic heterocycles. The topological polar surface area (TPSA) is 46.3 Å². The first-order chi connectivity index (χ1) is 7.06. The van der Waals surface area contributed by atoms with Gasteiger partial charge < -0.3 is 10.6 Å². The fraction of sp³-hybridized carbons (Fsp3) is 0.300. The molecule has 0 aromatic heterocycles. The Balaban J connectivity index is 2.86. The molecule has 1 rings (SSSR count). The third-order valence-corrected chi connectivity index (χ3v) is 2.31. The molecule has 0 radical (unpaired) electrons. The number of halogens is 2. The molecule has 0 saturated heterocycles. The Morgan fingerprint density at radius 1 is 1.60 bits per heavy atom. The molecule has 1 aromatic carbocycles. The summed E-state index contributed by atoms with van der Waals surface area (Å²) in [6, 6.07) is 4.13. The zero-order chi connectivity index (χ0) is 11.4.